The zero-order valence-electron chi connectivity index (χ0n) is 10.5. The molecule has 1 aromatic carbocycles. The van der Waals surface area contributed by atoms with Crippen molar-refractivity contribution < 1.29 is 9.72 Å². The number of nitro groups is 1. The van der Waals surface area contributed by atoms with E-state index in [1.54, 1.807) is 18.2 Å². The minimum atomic E-state index is -0.442. The molecule has 0 radical (unpaired) electrons. The van der Waals surface area contributed by atoms with Crippen molar-refractivity contribution in [3.63, 3.8) is 0 Å². The first-order valence-electron chi connectivity index (χ1n) is 6.33. The zero-order chi connectivity index (χ0) is 13.7. The molecule has 4 nitrogen and oxygen atoms in total. The van der Waals surface area contributed by atoms with E-state index in [0.717, 1.165) is 31.3 Å². The lowest BCUT2D eigenvalue weighted by molar-refractivity contribution is -0.384. The van der Waals surface area contributed by atoms with Gasteiger partial charge < -0.3 is 0 Å². The van der Waals surface area contributed by atoms with E-state index in [4.69, 9.17) is 0 Å². The molecule has 0 unspecified atom stereocenters. The predicted octanol–water partition coefficient (Wildman–Crippen LogP) is 3.68. The number of carbonyl (C=O) groups excluding carboxylic acids is 1. The van der Waals surface area contributed by atoms with E-state index >= 15 is 0 Å². The lowest BCUT2D eigenvalue weighted by atomic mass is 9.96. The second-order valence-electron chi connectivity index (χ2n) is 4.52. The quantitative estimate of drug-likeness (QED) is 0.469. The van der Waals surface area contributed by atoms with Crippen LogP contribution in [0.15, 0.2) is 42.0 Å². The van der Waals surface area contributed by atoms with Gasteiger partial charge in [-0.25, -0.2) is 0 Å². The molecule has 2 rings (SSSR count). The number of nitro benzene ring substituents is 1. The van der Waals surface area contributed by atoms with Gasteiger partial charge >= 0.3 is 0 Å². The molecule has 0 saturated heterocycles. The first kappa shape index (κ1) is 13.2. The van der Waals surface area contributed by atoms with E-state index in [2.05, 4.69) is 0 Å². The highest BCUT2D eigenvalue weighted by Crippen LogP contribution is 2.19. The van der Waals surface area contributed by atoms with Gasteiger partial charge in [0.25, 0.3) is 5.69 Å². The van der Waals surface area contributed by atoms with Crippen molar-refractivity contribution in [2.45, 2.75) is 25.7 Å². The monoisotopic (exact) mass is 257 g/mol. The van der Waals surface area contributed by atoms with E-state index in [0.29, 0.717) is 5.56 Å². The average Bonchev–Trinajstić information content (AvgIpc) is 2.46. The molecule has 0 aromatic heterocycles. The molecule has 0 amide bonds. The van der Waals surface area contributed by atoms with Crippen LogP contribution in [0.5, 0.6) is 0 Å². The highest BCUT2D eigenvalue weighted by atomic mass is 16.6. The fourth-order valence-electron chi connectivity index (χ4n) is 2.08. The molecule has 0 heterocycles. The summed E-state index contributed by atoms with van der Waals surface area (Å²) in [6, 6.07) is 6.25. The van der Waals surface area contributed by atoms with Crippen LogP contribution in [-0.2, 0) is 4.79 Å². The predicted molar refractivity (Wildman–Crippen MR) is 73.7 cm³/mol. The lowest BCUT2D eigenvalue weighted by Gasteiger charge is -2.08. The largest absolute Gasteiger partial charge is 0.290 e. The second kappa shape index (κ2) is 6.09. The molecule has 19 heavy (non-hydrogen) atoms. The number of benzene rings is 1. The molecule has 0 atom stereocenters. The Balaban J connectivity index is 2.09. The number of nitrogens with zero attached hydrogens (tertiary/aromatic N) is 1. The molecule has 0 saturated carbocycles. The normalized spacial score (nSPS) is 15.3. The van der Waals surface area contributed by atoms with Crippen molar-refractivity contribution in [1.29, 1.82) is 0 Å². The Morgan fingerprint density at radius 3 is 2.84 bits per heavy atom. The SMILES string of the molecule is O=C(/C=C/c1cccc([N+](=O)[O-])c1)C1=CCCCC1. The van der Waals surface area contributed by atoms with Crippen molar-refractivity contribution in [3.05, 3.63) is 57.7 Å². The molecule has 0 aliphatic heterocycles. The highest BCUT2D eigenvalue weighted by molar-refractivity contribution is 6.06. The third kappa shape index (κ3) is 3.61. The Hall–Kier alpha value is -2.23. The van der Waals surface area contributed by atoms with E-state index in [-0.39, 0.29) is 11.5 Å². The first-order valence-corrected chi connectivity index (χ1v) is 6.33. The summed E-state index contributed by atoms with van der Waals surface area (Å²) in [4.78, 5) is 22.1. The van der Waals surface area contributed by atoms with E-state index < -0.39 is 4.92 Å². The molecular formula is C15H15NO3. The Labute approximate surface area is 111 Å². The van der Waals surface area contributed by atoms with Gasteiger partial charge in [0.2, 0.25) is 0 Å². The topological polar surface area (TPSA) is 60.2 Å². The number of hydrogen-bond donors (Lipinski definition) is 0. The Bertz CT molecular complexity index is 558. The molecule has 1 aliphatic rings. The molecule has 0 fully saturated rings. The van der Waals surface area contributed by atoms with Gasteiger partial charge in [-0.05, 0) is 42.9 Å². The maximum absolute atomic E-state index is 11.9. The number of hydrogen-bond acceptors (Lipinski definition) is 3. The maximum atomic E-state index is 11.9. The van der Waals surface area contributed by atoms with Crippen LogP contribution in [0.3, 0.4) is 0 Å². The average molecular weight is 257 g/mol. The zero-order valence-corrected chi connectivity index (χ0v) is 10.5. The molecule has 0 N–H and O–H groups in total. The van der Waals surface area contributed by atoms with Crippen LogP contribution in [0.4, 0.5) is 5.69 Å². The molecule has 98 valence electrons. The number of rotatable bonds is 4. The number of ketones is 1. The van der Waals surface area contributed by atoms with Gasteiger partial charge in [-0.2, -0.15) is 0 Å². The molecule has 1 aromatic rings. The Morgan fingerprint density at radius 2 is 2.16 bits per heavy atom. The van der Waals surface area contributed by atoms with Crippen LogP contribution in [0.2, 0.25) is 0 Å². The van der Waals surface area contributed by atoms with E-state index in [9.17, 15) is 14.9 Å². The standard InChI is InChI=1S/C15H15NO3/c17-15(13-6-2-1-3-7-13)10-9-12-5-4-8-14(11-12)16(18)19/h4-6,8-11H,1-3,7H2/b10-9+. The van der Waals surface area contributed by atoms with Gasteiger partial charge in [-0.3, -0.25) is 14.9 Å². The summed E-state index contributed by atoms with van der Waals surface area (Å²) in [5.74, 6) is 0.00575. The van der Waals surface area contributed by atoms with Crippen LogP contribution < -0.4 is 0 Å². The third-order valence-corrected chi connectivity index (χ3v) is 3.12. The summed E-state index contributed by atoms with van der Waals surface area (Å²) in [5, 5.41) is 10.6. The Morgan fingerprint density at radius 1 is 1.32 bits per heavy atom. The van der Waals surface area contributed by atoms with E-state index in [1.807, 2.05) is 6.08 Å². The van der Waals surface area contributed by atoms with Gasteiger partial charge in [-0.1, -0.05) is 24.3 Å². The van der Waals surface area contributed by atoms with Crippen molar-refractivity contribution in [2.75, 3.05) is 0 Å². The fraction of sp³-hybridized carbons (Fsp3) is 0.267. The Kier molecular flexibility index (Phi) is 4.23. The van der Waals surface area contributed by atoms with Crippen molar-refractivity contribution >= 4 is 17.5 Å². The van der Waals surface area contributed by atoms with Crippen LogP contribution in [0.1, 0.15) is 31.2 Å². The minimum Gasteiger partial charge on any atom is -0.290 e. The minimum absolute atomic E-state index is 0.00575. The van der Waals surface area contributed by atoms with Gasteiger partial charge in [0.15, 0.2) is 5.78 Å². The molecule has 1 aliphatic carbocycles. The van der Waals surface area contributed by atoms with Crippen LogP contribution in [-0.4, -0.2) is 10.7 Å². The van der Waals surface area contributed by atoms with Crippen LogP contribution >= 0.6 is 0 Å². The third-order valence-electron chi connectivity index (χ3n) is 3.12. The summed E-state index contributed by atoms with van der Waals surface area (Å²) >= 11 is 0. The van der Waals surface area contributed by atoms with Gasteiger partial charge in [-0.15, -0.1) is 0 Å². The number of allylic oxidation sites excluding steroid dienone is 3. The number of carbonyl (C=O) groups is 1. The molecule has 0 spiro atoms. The fourth-order valence-corrected chi connectivity index (χ4v) is 2.08. The highest BCUT2D eigenvalue weighted by Gasteiger charge is 2.09. The van der Waals surface area contributed by atoms with Gasteiger partial charge in [0, 0.05) is 12.1 Å². The van der Waals surface area contributed by atoms with Crippen LogP contribution in [0.25, 0.3) is 6.08 Å². The molecule has 4 heteroatoms. The van der Waals surface area contributed by atoms with Crippen molar-refractivity contribution in [1.82, 2.24) is 0 Å². The number of non-ortho nitro benzene ring substituents is 1. The van der Waals surface area contributed by atoms with Crippen molar-refractivity contribution in [3.8, 4) is 0 Å². The lowest BCUT2D eigenvalue weighted by Crippen LogP contribution is -2.02. The smallest absolute Gasteiger partial charge is 0.270 e. The second-order valence-corrected chi connectivity index (χ2v) is 4.52. The summed E-state index contributed by atoms with van der Waals surface area (Å²) in [7, 11) is 0. The molecule has 0 bridgehead atoms. The van der Waals surface area contributed by atoms with Gasteiger partial charge in [0.05, 0.1) is 4.92 Å². The van der Waals surface area contributed by atoms with Gasteiger partial charge in [0.1, 0.15) is 0 Å². The van der Waals surface area contributed by atoms with Crippen molar-refractivity contribution in [2.24, 2.45) is 0 Å². The van der Waals surface area contributed by atoms with E-state index in [1.165, 1.54) is 18.2 Å². The first-order chi connectivity index (χ1) is 9.16. The summed E-state index contributed by atoms with van der Waals surface area (Å²) in [6.07, 6.45) is 9.11. The summed E-state index contributed by atoms with van der Waals surface area (Å²) in [5.41, 5.74) is 1.55. The molecular weight excluding hydrogens is 242 g/mol. The van der Waals surface area contributed by atoms with Crippen LogP contribution in [0, 0.1) is 10.1 Å². The summed E-state index contributed by atoms with van der Waals surface area (Å²) < 4.78 is 0. The maximum Gasteiger partial charge on any atom is 0.270 e. The summed E-state index contributed by atoms with van der Waals surface area (Å²) in [6.45, 7) is 0.